The van der Waals surface area contributed by atoms with Gasteiger partial charge in [-0.3, -0.25) is 0 Å². The molecule has 0 unspecified atom stereocenters. The summed E-state index contributed by atoms with van der Waals surface area (Å²) in [6.07, 6.45) is -100. The molecule has 0 aliphatic carbocycles. The molecule has 116 heavy (non-hydrogen) atoms. The molecule has 4 aromatic rings. The maximum absolute atomic E-state index is 15.1. The summed E-state index contributed by atoms with van der Waals surface area (Å²) in [5.74, 6) is -35.3. The number of benzene rings is 4. The van der Waals surface area contributed by atoms with Crippen molar-refractivity contribution in [2.24, 2.45) is 0 Å². The van der Waals surface area contributed by atoms with E-state index < -0.39 is 268 Å². The van der Waals surface area contributed by atoms with Gasteiger partial charge in [-0.05, 0) is 0 Å². The van der Waals surface area contributed by atoms with Gasteiger partial charge in [0.05, 0.1) is 55.6 Å². The number of nitriles is 8. The zero-order chi connectivity index (χ0) is 93.5. The first-order chi connectivity index (χ1) is 50.9. The van der Waals surface area contributed by atoms with Crippen molar-refractivity contribution >= 4 is 0 Å². The highest BCUT2D eigenvalue weighted by Crippen LogP contribution is 2.67. The molecule has 4 aromatic carbocycles. The van der Waals surface area contributed by atoms with Crippen molar-refractivity contribution in [2.45, 2.75) is 120 Å². The third-order valence-electron chi connectivity index (χ3n) is 13.8. The first-order valence-electron chi connectivity index (χ1n) is 25.4. The van der Waals surface area contributed by atoms with Gasteiger partial charge >= 0.3 is 120 Å². The molecule has 0 aromatic heterocycles. The lowest BCUT2D eigenvalue weighted by molar-refractivity contribution is -0.361. The molecule has 8 nitrogen and oxygen atoms in total. The molecule has 64 heteroatoms. The fraction of sp³-hybridized carbons (Fsp3) is 0.385. The molecule has 0 bridgehead atoms. The Balaban J connectivity index is 0.000000811. The molecule has 0 N–H and O–H groups in total. The lowest BCUT2D eigenvalue weighted by atomic mass is 9.74. The van der Waals surface area contributed by atoms with E-state index in [-0.39, 0.29) is 12.1 Å². The minimum atomic E-state index is -8.35. The molecule has 640 valence electrons. The second kappa shape index (κ2) is 30.8. The Morgan fingerprint density at radius 1 is 0.129 bits per heavy atom. The summed E-state index contributed by atoms with van der Waals surface area (Å²) in [6, 6.07) is 1.87. The molecular weight excluding hydrogens is 1800 g/mol. The SMILES string of the molecule is N#Cc1c(C#N)c(C(F)(C(F)(F)F)C(F)(F)F)c(C(F)(C(F)(F)F)C(F)(F)F)c(F)c1C(F)(C(F)(F)F)C(F)(F)F.N#Cc1c(C#N)c(C(F)(C(F)(F)F)C(F)(F)F)c(F)c(F)c1C(F)(C(F)(F)F)C(F)(F)F.N#Cc1c(F)c(C(F)(F)C(F)(F)F)c(C(F)(C(F)(F)F)C(F)(F)F)c(F)c1C#N.N#Cc1c(F)c(F)c(F)c(F)c1C#N. The number of nitrogens with zero attached hydrogens (tertiary/aromatic N) is 8. The van der Waals surface area contributed by atoms with Gasteiger partial charge in [0.15, 0.2) is 40.7 Å². The van der Waals surface area contributed by atoms with Crippen LogP contribution in [0.15, 0.2) is 0 Å². The van der Waals surface area contributed by atoms with E-state index in [1.165, 1.54) is 0 Å². The van der Waals surface area contributed by atoms with E-state index in [1.54, 1.807) is 0 Å². The topological polar surface area (TPSA) is 190 Å². The van der Waals surface area contributed by atoms with E-state index in [2.05, 4.69) is 0 Å². The second-order valence-corrected chi connectivity index (χ2v) is 20.3. The molecule has 0 aliphatic heterocycles. The van der Waals surface area contributed by atoms with Gasteiger partial charge in [-0.25, -0.2) is 65.9 Å². The van der Waals surface area contributed by atoms with Gasteiger partial charge in [0.1, 0.15) is 82.4 Å². The lowest BCUT2D eigenvalue weighted by Gasteiger charge is -2.39. The van der Waals surface area contributed by atoms with E-state index in [1.807, 2.05) is 0 Å². The second-order valence-electron chi connectivity index (χ2n) is 20.3. The number of rotatable bonds is 7. The Kier molecular flexibility index (Phi) is 27.3. The fourth-order valence-corrected chi connectivity index (χ4v) is 8.66. The maximum atomic E-state index is 15.1. The Morgan fingerprint density at radius 2 is 0.267 bits per heavy atom. The Labute approximate surface area is 592 Å². The number of hydrogen-bond acceptors (Lipinski definition) is 8. The lowest BCUT2D eigenvalue weighted by Crippen LogP contribution is -2.58. The van der Waals surface area contributed by atoms with Crippen molar-refractivity contribution in [1.29, 1.82) is 42.1 Å². The van der Waals surface area contributed by atoms with Gasteiger partial charge < -0.3 is 0 Å². The molecule has 0 heterocycles. The van der Waals surface area contributed by atoms with Crippen molar-refractivity contribution in [1.82, 2.24) is 0 Å². The van der Waals surface area contributed by atoms with Crippen LogP contribution in [0.2, 0.25) is 0 Å². The third kappa shape index (κ3) is 15.8. The van der Waals surface area contributed by atoms with Gasteiger partial charge in [0, 0.05) is 5.56 Å². The van der Waals surface area contributed by atoms with Crippen LogP contribution in [0.5, 0.6) is 0 Å². The molecule has 0 fully saturated rings. The van der Waals surface area contributed by atoms with Crippen LogP contribution in [0.4, 0.5) is 246 Å². The van der Waals surface area contributed by atoms with Gasteiger partial charge in [0.25, 0.3) is 0 Å². The summed E-state index contributed by atoms with van der Waals surface area (Å²) in [5, 5.41) is 68.4. The largest absolute Gasteiger partial charge is 0.458 e. The first kappa shape index (κ1) is 103. The molecule has 0 atom stereocenters. The molecule has 0 saturated carbocycles. The van der Waals surface area contributed by atoms with Crippen molar-refractivity contribution < 1.29 is 246 Å². The smallest absolute Gasteiger partial charge is 0.218 e. The molecular formula is C52F56N8. The van der Waals surface area contributed by atoms with E-state index >= 15 is 4.39 Å². The number of alkyl halides is 47. The van der Waals surface area contributed by atoms with Gasteiger partial charge in [-0.15, -0.1) is 0 Å². The minimum absolute atomic E-state index is 0.0221. The first-order valence-corrected chi connectivity index (χ1v) is 25.4. The van der Waals surface area contributed by atoms with Crippen LogP contribution in [-0.4, -0.2) is 80.3 Å². The zero-order valence-corrected chi connectivity index (χ0v) is 50.7. The Bertz CT molecular complexity index is 4630. The van der Waals surface area contributed by atoms with Crippen LogP contribution < -0.4 is 0 Å². The van der Waals surface area contributed by atoms with Crippen LogP contribution in [-0.2, 0) is 39.9 Å². The zero-order valence-electron chi connectivity index (χ0n) is 50.7. The van der Waals surface area contributed by atoms with Crippen molar-refractivity contribution in [3.8, 4) is 48.6 Å². The summed E-state index contributed by atoms with van der Waals surface area (Å²) in [5.41, 5.74) is -97.7. The standard InChI is InChI=1S/C17F22N2.C14F16N2.C13F14N2.C8F4N2/c18-8-6(10(20,14(28,29)30)15(31,32)33)4(2-41)3(1-40)5(9(19,12(22,23)24)13(25,26)27)7(8)11(21,16(34,35)36)17(37,38)39;15-7-5(9(17,11(19,20)21)12(22,23)24)3(1-31)4(2-32)6(8(7)16)10(18,13(25,26)27)14(28,29)30;14-7-3(1-28)4(2-29)8(15)6(10(17,18)13(25,26)27)5(7)9(16,11(19,20)21)12(22,23)24;9-5-3(1-13)4(2-14)6(10)8(12)7(5)11. The van der Waals surface area contributed by atoms with E-state index in [0.29, 0.717) is 12.1 Å². The van der Waals surface area contributed by atoms with Crippen LogP contribution in [0.25, 0.3) is 0 Å². The van der Waals surface area contributed by atoms with Crippen LogP contribution in [0.3, 0.4) is 0 Å². The molecule has 0 aliphatic rings. The number of hydrogen-bond donors (Lipinski definition) is 0. The molecule has 0 saturated heterocycles. The maximum Gasteiger partial charge on any atom is 0.458 e. The summed E-state index contributed by atoms with van der Waals surface area (Å²) >= 11 is 0. The summed E-state index contributed by atoms with van der Waals surface area (Å²) in [7, 11) is 0. The van der Waals surface area contributed by atoms with Crippen LogP contribution >= 0.6 is 0 Å². The highest BCUT2D eigenvalue weighted by Gasteiger charge is 2.85. The highest BCUT2D eigenvalue weighted by molar-refractivity contribution is 5.65. The third-order valence-corrected chi connectivity index (χ3v) is 13.8. The van der Waals surface area contributed by atoms with Crippen LogP contribution in [0.1, 0.15) is 83.5 Å². The molecule has 0 spiro atoms. The van der Waals surface area contributed by atoms with E-state index in [4.69, 9.17) is 42.1 Å². The van der Waals surface area contributed by atoms with E-state index in [0.717, 1.165) is 12.1 Å². The summed E-state index contributed by atoms with van der Waals surface area (Å²) < 4.78 is 744. The molecule has 0 radical (unpaired) electrons. The summed E-state index contributed by atoms with van der Waals surface area (Å²) in [6.45, 7) is 0. The quantitative estimate of drug-likeness (QED) is 0.0991. The van der Waals surface area contributed by atoms with Crippen LogP contribution in [0, 0.1) is 143 Å². The number of halogens is 56. The fourth-order valence-electron chi connectivity index (χ4n) is 8.66. The Hall–Kier alpha value is -11.1. The molecule has 0 amide bonds. The van der Waals surface area contributed by atoms with Crippen molar-refractivity contribution in [3.05, 3.63) is 136 Å². The Morgan fingerprint density at radius 3 is 0.440 bits per heavy atom. The minimum Gasteiger partial charge on any atom is -0.218 e. The molecule has 4 rings (SSSR count). The average molecular weight is 1800 g/mol. The van der Waals surface area contributed by atoms with Gasteiger partial charge in [0.2, 0.25) is 0 Å². The highest BCUT2D eigenvalue weighted by atomic mass is 19.5. The summed E-state index contributed by atoms with van der Waals surface area (Å²) in [4.78, 5) is 0. The normalized spacial score (nSPS) is 13.8. The predicted molar refractivity (Wildman–Crippen MR) is 242 cm³/mol. The average Bonchev–Trinajstić information content (AvgIpc) is 0.669. The van der Waals surface area contributed by atoms with E-state index in [9.17, 15) is 241 Å². The van der Waals surface area contributed by atoms with Gasteiger partial charge in [-0.1, -0.05) is 0 Å². The monoisotopic (exact) mass is 1800 g/mol. The van der Waals surface area contributed by atoms with Gasteiger partial charge in [-0.2, -0.15) is 222 Å². The van der Waals surface area contributed by atoms with Crippen molar-refractivity contribution in [3.63, 3.8) is 0 Å². The predicted octanol–water partition coefficient (Wildman–Crippen LogP) is 22.4. The van der Waals surface area contributed by atoms with Crippen molar-refractivity contribution in [2.75, 3.05) is 0 Å².